The number of rotatable bonds is 2. The van der Waals surface area contributed by atoms with Gasteiger partial charge in [0, 0.05) is 7.05 Å². The van der Waals surface area contributed by atoms with Crippen molar-refractivity contribution < 1.29 is 13.9 Å². The van der Waals surface area contributed by atoms with Crippen LogP contribution in [0.3, 0.4) is 0 Å². The molecule has 0 saturated carbocycles. The highest BCUT2D eigenvalue weighted by Crippen LogP contribution is 2.14. The quantitative estimate of drug-likeness (QED) is 0.732. The number of carbonyl (C=O) groups excluding carboxylic acids is 1. The molecule has 0 atom stereocenters. The average molecular weight is 198 g/mol. The normalized spacial score (nSPS) is 11.1. The molecule has 0 bridgehead atoms. The molecule has 0 unspecified atom stereocenters. The van der Waals surface area contributed by atoms with Crippen molar-refractivity contribution in [2.75, 3.05) is 12.4 Å². The van der Waals surface area contributed by atoms with Crippen LogP contribution < -0.4 is 5.32 Å². The molecule has 1 heterocycles. The molecule has 0 radical (unpaired) electrons. The highest BCUT2D eigenvalue weighted by atomic mass is 16.6. The van der Waals surface area contributed by atoms with E-state index in [-0.39, 0.29) is 5.76 Å². The maximum absolute atomic E-state index is 11.4. The van der Waals surface area contributed by atoms with Crippen molar-refractivity contribution in [2.24, 2.45) is 0 Å². The molecule has 0 fully saturated rings. The van der Waals surface area contributed by atoms with Crippen LogP contribution in [0.4, 0.5) is 6.01 Å². The number of aromatic nitrogens is 1. The third-order valence-corrected chi connectivity index (χ3v) is 1.32. The Morgan fingerprint density at radius 2 is 2.21 bits per heavy atom. The van der Waals surface area contributed by atoms with Gasteiger partial charge in [-0.15, -0.1) is 0 Å². The van der Waals surface area contributed by atoms with Gasteiger partial charge < -0.3 is 14.5 Å². The molecule has 78 valence electrons. The summed E-state index contributed by atoms with van der Waals surface area (Å²) in [4.78, 5) is 15.2. The lowest BCUT2D eigenvalue weighted by atomic mass is 10.2. The monoisotopic (exact) mass is 198 g/mol. The molecule has 0 aliphatic carbocycles. The molecule has 5 nitrogen and oxygen atoms in total. The van der Waals surface area contributed by atoms with Crippen LogP contribution in [-0.4, -0.2) is 23.6 Å². The van der Waals surface area contributed by atoms with E-state index in [0.29, 0.717) is 6.01 Å². The van der Waals surface area contributed by atoms with Gasteiger partial charge in [-0.05, 0) is 20.8 Å². The summed E-state index contributed by atoms with van der Waals surface area (Å²) in [6, 6.07) is 0.297. The number of ether oxygens (including phenoxy) is 1. The first-order valence-corrected chi connectivity index (χ1v) is 4.29. The summed E-state index contributed by atoms with van der Waals surface area (Å²) in [6.07, 6.45) is 1.33. The SMILES string of the molecule is CNc1ncc(C(=O)OC(C)(C)C)o1. The number of oxazole rings is 1. The molecule has 0 aliphatic heterocycles. The van der Waals surface area contributed by atoms with Crippen molar-refractivity contribution in [3.05, 3.63) is 12.0 Å². The second-order valence-corrected chi connectivity index (χ2v) is 3.78. The Kier molecular flexibility index (Phi) is 2.78. The number of anilines is 1. The fourth-order valence-electron chi connectivity index (χ4n) is 0.812. The number of hydrogen-bond donors (Lipinski definition) is 1. The summed E-state index contributed by atoms with van der Waals surface area (Å²) in [7, 11) is 1.66. The molecular formula is C9H14N2O3. The van der Waals surface area contributed by atoms with Crippen LogP contribution >= 0.6 is 0 Å². The van der Waals surface area contributed by atoms with Crippen LogP contribution in [0.2, 0.25) is 0 Å². The Morgan fingerprint density at radius 1 is 1.57 bits per heavy atom. The van der Waals surface area contributed by atoms with E-state index in [1.165, 1.54) is 6.20 Å². The lowest BCUT2D eigenvalue weighted by Gasteiger charge is -2.18. The van der Waals surface area contributed by atoms with Crippen LogP contribution in [0.1, 0.15) is 31.3 Å². The smallest absolute Gasteiger partial charge is 0.376 e. The molecule has 1 aromatic heterocycles. The van der Waals surface area contributed by atoms with E-state index in [1.54, 1.807) is 27.8 Å². The molecule has 1 aromatic rings. The van der Waals surface area contributed by atoms with Crippen molar-refractivity contribution >= 4 is 12.0 Å². The third kappa shape index (κ3) is 2.76. The van der Waals surface area contributed by atoms with E-state index in [9.17, 15) is 4.79 Å². The number of carbonyl (C=O) groups is 1. The fourth-order valence-corrected chi connectivity index (χ4v) is 0.812. The van der Waals surface area contributed by atoms with E-state index in [1.807, 2.05) is 0 Å². The summed E-state index contributed by atoms with van der Waals surface area (Å²) < 4.78 is 10.1. The Bertz CT molecular complexity index is 325. The van der Waals surface area contributed by atoms with E-state index in [4.69, 9.17) is 9.15 Å². The van der Waals surface area contributed by atoms with Gasteiger partial charge in [-0.25, -0.2) is 9.78 Å². The van der Waals surface area contributed by atoms with Gasteiger partial charge in [-0.1, -0.05) is 0 Å². The Labute approximate surface area is 82.5 Å². The standard InChI is InChI=1S/C9H14N2O3/c1-9(2,3)14-7(12)6-5-11-8(10-4)13-6/h5H,1-4H3,(H,10,11). The molecule has 0 saturated heterocycles. The second-order valence-electron chi connectivity index (χ2n) is 3.78. The van der Waals surface area contributed by atoms with Crippen molar-refractivity contribution in [1.82, 2.24) is 4.98 Å². The van der Waals surface area contributed by atoms with E-state index < -0.39 is 11.6 Å². The van der Waals surface area contributed by atoms with Gasteiger partial charge in [-0.3, -0.25) is 0 Å². The maximum atomic E-state index is 11.4. The average Bonchev–Trinajstić information content (AvgIpc) is 2.48. The van der Waals surface area contributed by atoms with E-state index in [2.05, 4.69) is 10.3 Å². The van der Waals surface area contributed by atoms with Crippen molar-refractivity contribution in [2.45, 2.75) is 26.4 Å². The molecule has 0 aromatic carbocycles. The summed E-state index contributed by atoms with van der Waals surface area (Å²) in [5.41, 5.74) is -0.524. The molecule has 0 amide bonds. The van der Waals surface area contributed by atoms with Gasteiger partial charge in [0.05, 0.1) is 6.20 Å². The first kappa shape index (κ1) is 10.6. The molecule has 1 N–H and O–H groups in total. The fraction of sp³-hybridized carbons (Fsp3) is 0.556. The first-order chi connectivity index (χ1) is 6.42. The lowest BCUT2D eigenvalue weighted by Crippen LogP contribution is -2.23. The topological polar surface area (TPSA) is 64.4 Å². The van der Waals surface area contributed by atoms with Crippen LogP contribution in [0.25, 0.3) is 0 Å². The third-order valence-electron chi connectivity index (χ3n) is 1.32. The second kappa shape index (κ2) is 3.69. The zero-order valence-electron chi connectivity index (χ0n) is 8.75. The van der Waals surface area contributed by atoms with Gasteiger partial charge in [0.2, 0.25) is 5.76 Å². The summed E-state index contributed by atoms with van der Waals surface area (Å²) >= 11 is 0. The van der Waals surface area contributed by atoms with Crippen LogP contribution in [0.15, 0.2) is 10.6 Å². The van der Waals surface area contributed by atoms with Gasteiger partial charge >= 0.3 is 5.97 Å². The van der Waals surface area contributed by atoms with Gasteiger partial charge in [-0.2, -0.15) is 0 Å². The largest absolute Gasteiger partial charge is 0.454 e. The van der Waals surface area contributed by atoms with Crippen LogP contribution in [0.5, 0.6) is 0 Å². The zero-order chi connectivity index (χ0) is 10.8. The number of nitrogens with one attached hydrogen (secondary N) is 1. The summed E-state index contributed by atoms with van der Waals surface area (Å²) in [5, 5.41) is 2.68. The predicted octanol–water partition coefficient (Wildman–Crippen LogP) is 1.67. The molecule has 5 heteroatoms. The molecule has 0 aliphatic rings. The van der Waals surface area contributed by atoms with Crippen LogP contribution in [-0.2, 0) is 4.74 Å². The predicted molar refractivity (Wildman–Crippen MR) is 51.2 cm³/mol. The Balaban J connectivity index is 2.70. The molecule has 0 spiro atoms. The molecular weight excluding hydrogens is 184 g/mol. The van der Waals surface area contributed by atoms with Crippen molar-refractivity contribution in [1.29, 1.82) is 0 Å². The zero-order valence-corrected chi connectivity index (χ0v) is 8.75. The number of nitrogens with zero attached hydrogens (tertiary/aromatic N) is 1. The van der Waals surface area contributed by atoms with E-state index in [0.717, 1.165) is 0 Å². The van der Waals surface area contributed by atoms with E-state index >= 15 is 0 Å². The van der Waals surface area contributed by atoms with Gasteiger partial charge in [0.25, 0.3) is 6.01 Å². The number of esters is 1. The van der Waals surface area contributed by atoms with Crippen molar-refractivity contribution in [3.63, 3.8) is 0 Å². The van der Waals surface area contributed by atoms with Crippen LogP contribution in [0, 0.1) is 0 Å². The highest BCUT2D eigenvalue weighted by molar-refractivity contribution is 5.86. The Morgan fingerprint density at radius 3 is 2.64 bits per heavy atom. The van der Waals surface area contributed by atoms with Gasteiger partial charge in [0.15, 0.2) is 0 Å². The minimum Gasteiger partial charge on any atom is -0.454 e. The number of hydrogen-bond acceptors (Lipinski definition) is 5. The minimum absolute atomic E-state index is 0.101. The maximum Gasteiger partial charge on any atom is 0.376 e. The first-order valence-electron chi connectivity index (χ1n) is 4.29. The Hall–Kier alpha value is -1.52. The lowest BCUT2D eigenvalue weighted by molar-refractivity contribution is 0.00371. The van der Waals surface area contributed by atoms with Crippen molar-refractivity contribution in [3.8, 4) is 0 Å². The molecule has 14 heavy (non-hydrogen) atoms. The molecule has 1 rings (SSSR count). The van der Waals surface area contributed by atoms with Gasteiger partial charge in [0.1, 0.15) is 5.60 Å². The summed E-state index contributed by atoms with van der Waals surface area (Å²) in [5.74, 6) is -0.407. The summed E-state index contributed by atoms with van der Waals surface area (Å²) in [6.45, 7) is 5.38. The minimum atomic E-state index is -0.524. The highest BCUT2D eigenvalue weighted by Gasteiger charge is 2.20.